The summed E-state index contributed by atoms with van der Waals surface area (Å²) in [6.07, 6.45) is -0.847. The highest BCUT2D eigenvalue weighted by atomic mass is 16.6. The van der Waals surface area contributed by atoms with Crippen LogP contribution in [0.1, 0.15) is 62.0 Å². The van der Waals surface area contributed by atoms with Crippen molar-refractivity contribution >= 4 is 23.3 Å². The van der Waals surface area contributed by atoms with Crippen LogP contribution in [-0.2, 0) is 19.7 Å². The number of carbonyl (C=O) groups is 3. The molecule has 0 spiro atoms. The fourth-order valence-corrected chi connectivity index (χ4v) is 3.21. The second kappa shape index (κ2) is 8.30. The van der Waals surface area contributed by atoms with Crippen LogP contribution in [0.3, 0.4) is 0 Å². The molecule has 1 N–H and O–H groups in total. The summed E-state index contributed by atoms with van der Waals surface area (Å²) >= 11 is 0. The number of fused-ring (bicyclic) bond motifs is 1. The van der Waals surface area contributed by atoms with Crippen molar-refractivity contribution < 1.29 is 23.9 Å². The monoisotopic (exact) mass is 409 g/mol. The lowest BCUT2D eigenvalue weighted by Gasteiger charge is -2.20. The van der Waals surface area contributed by atoms with Crippen LogP contribution in [0.25, 0.3) is 0 Å². The molecule has 2 atom stereocenters. The number of Topliss-reactive ketones (excluding diaryl/α,β-unsaturated/α-hetero) is 1. The summed E-state index contributed by atoms with van der Waals surface area (Å²) in [6, 6.07) is 12.5. The summed E-state index contributed by atoms with van der Waals surface area (Å²) in [6.45, 7) is 9.34. The van der Waals surface area contributed by atoms with E-state index in [9.17, 15) is 14.4 Å². The molecule has 2 aromatic carbocycles. The quantitative estimate of drug-likeness (QED) is 0.570. The lowest BCUT2D eigenvalue weighted by atomic mass is 9.87. The zero-order chi connectivity index (χ0) is 22.1. The number of esters is 1. The maximum atomic E-state index is 12.4. The summed E-state index contributed by atoms with van der Waals surface area (Å²) in [7, 11) is 0. The van der Waals surface area contributed by atoms with Gasteiger partial charge < -0.3 is 14.8 Å². The van der Waals surface area contributed by atoms with E-state index in [1.807, 2.05) is 24.3 Å². The molecular formula is C24H27NO5. The number of anilines is 1. The van der Waals surface area contributed by atoms with E-state index in [2.05, 4.69) is 26.1 Å². The third-order valence-electron chi connectivity index (χ3n) is 5.20. The van der Waals surface area contributed by atoms with Crippen molar-refractivity contribution in [2.24, 2.45) is 0 Å². The predicted molar refractivity (Wildman–Crippen MR) is 114 cm³/mol. The number of rotatable bonds is 6. The van der Waals surface area contributed by atoms with Gasteiger partial charge in [0.15, 0.2) is 18.5 Å². The first-order valence-corrected chi connectivity index (χ1v) is 9.98. The molecule has 0 aromatic heterocycles. The lowest BCUT2D eigenvalue weighted by molar-refractivity contribution is -0.149. The largest absolute Gasteiger partial charge is 0.479 e. The molecule has 0 saturated heterocycles. The number of ketones is 1. The van der Waals surface area contributed by atoms with E-state index in [1.165, 1.54) is 0 Å². The molecule has 6 nitrogen and oxygen atoms in total. The Kier molecular flexibility index (Phi) is 5.97. The van der Waals surface area contributed by atoms with Gasteiger partial charge in [0.1, 0.15) is 5.75 Å². The molecule has 1 aliphatic heterocycles. The molecule has 2 aromatic rings. The van der Waals surface area contributed by atoms with E-state index in [0.29, 0.717) is 17.0 Å². The molecule has 0 bridgehead atoms. The number of benzene rings is 2. The number of hydrogen-bond donors (Lipinski definition) is 1. The fraction of sp³-hybridized carbons (Fsp3) is 0.375. The number of ether oxygens (including phenoxy) is 2. The van der Waals surface area contributed by atoms with Gasteiger partial charge in [0.25, 0.3) is 0 Å². The van der Waals surface area contributed by atoms with Gasteiger partial charge in [0, 0.05) is 11.3 Å². The maximum absolute atomic E-state index is 12.4. The second-order valence-corrected chi connectivity index (χ2v) is 8.58. The Morgan fingerprint density at radius 2 is 1.77 bits per heavy atom. The first-order chi connectivity index (χ1) is 14.1. The zero-order valence-corrected chi connectivity index (χ0v) is 17.9. The Hall–Kier alpha value is -3.15. The van der Waals surface area contributed by atoms with E-state index >= 15 is 0 Å². The molecule has 0 aliphatic carbocycles. The van der Waals surface area contributed by atoms with Gasteiger partial charge in [0.05, 0.1) is 5.92 Å². The van der Waals surface area contributed by atoms with Crippen LogP contribution in [0.15, 0.2) is 42.5 Å². The summed E-state index contributed by atoms with van der Waals surface area (Å²) < 4.78 is 10.8. The molecular weight excluding hydrogens is 382 g/mol. The Bertz CT molecular complexity index is 972. The van der Waals surface area contributed by atoms with Crippen molar-refractivity contribution in [1.82, 2.24) is 0 Å². The van der Waals surface area contributed by atoms with E-state index in [1.54, 1.807) is 32.0 Å². The Morgan fingerprint density at radius 1 is 1.10 bits per heavy atom. The molecule has 0 saturated carbocycles. The van der Waals surface area contributed by atoms with E-state index in [0.717, 1.165) is 11.1 Å². The highest BCUT2D eigenvalue weighted by molar-refractivity contribution is 6.05. The Labute approximate surface area is 176 Å². The number of carbonyl (C=O) groups excluding carboxylic acids is 3. The molecule has 1 aliphatic rings. The first kappa shape index (κ1) is 21.6. The second-order valence-electron chi connectivity index (χ2n) is 8.58. The lowest BCUT2D eigenvalue weighted by Crippen LogP contribution is -2.28. The summed E-state index contributed by atoms with van der Waals surface area (Å²) in [5, 5.41) is 2.76. The predicted octanol–water partition coefficient (Wildman–Crippen LogP) is 4.23. The molecule has 1 heterocycles. The van der Waals surface area contributed by atoms with Crippen molar-refractivity contribution in [3.63, 3.8) is 0 Å². The van der Waals surface area contributed by atoms with Gasteiger partial charge in [-0.2, -0.15) is 0 Å². The van der Waals surface area contributed by atoms with Crippen molar-refractivity contribution in [2.75, 3.05) is 11.9 Å². The van der Waals surface area contributed by atoms with E-state index in [-0.39, 0.29) is 29.6 Å². The summed E-state index contributed by atoms with van der Waals surface area (Å²) in [5.41, 5.74) is 3.07. The molecule has 158 valence electrons. The molecule has 0 unspecified atom stereocenters. The number of hydrogen-bond acceptors (Lipinski definition) is 5. The number of amides is 1. The average Bonchev–Trinajstić information content (AvgIpc) is 2.98. The normalized spacial score (nSPS) is 16.4. The third kappa shape index (κ3) is 4.70. The molecule has 6 heteroatoms. The number of nitrogens with one attached hydrogen (secondary N) is 1. The Morgan fingerprint density at radius 3 is 2.40 bits per heavy atom. The van der Waals surface area contributed by atoms with Gasteiger partial charge in [-0.25, -0.2) is 4.79 Å². The molecule has 0 fully saturated rings. The summed E-state index contributed by atoms with van der Waals surface area (Å²) in [5.74, 6) is -0.798. The molecule has 0 radical (unpaired) electrons. The van der Waals surface area contributed by atoms with Crippen LogP contribution >= 0.6 is 0 Å². The summed E-state index contributed by atoms with van der Waals surface area (Å²) in [4.78, 5) is 36.4. The SMILES string of the molecule is C[C@H](Oc1ccc(C(C)(C)C)cc1)C(=O)OCC(=O)c1ccc2c(c1)[C@H](C)C(=O)N2. The topological polar surface area (TPSA) is 81.7 Å². The average molecular weight is 409 g/mol. The minimum atomic E-state index is -0.847. The van der Waals surface area contributed by atoms with Gasteiger partial charge >= 0.3 is 5.97 Å². The van der Waals surface area contributed by atoms with Crippen molar-refractivity contribution in [3.05, 3.63) is 59.2 Å². The Balaban J connectivity index is 1.55. The van der Waals surface area contributed by atoms with Crippen molar-refractivity contribution in [2.45, 2.75) is 52.1 Å². The fourth-order valence-electron chi connectivity index (χ4n) is 3.21. The smallest absolute Gasteiger partial charge is 0.347 e. The van der Waals surface area contributed by atoms with Gasteiger partial charge in [0.2, 0.25) is 5.91 Å². The van der Waals surface area contributed by atoms with Gasteiger partial charge in [-0.3, -0.25) is 9.59 Å². The van der Waals surface area contributed by atoms with Crippen LogP contribution in [0.4, 0.5) is 5.69 Å². The highest BCUT2D eigenvalue weighted by Crippen LogP contribution is 2.32. The van der Waals surface area contributed by atoms with Gasteiger partial charge in [-0.05, 0) is 60.7 Å². The zero-order valence-electron chi connectivity index (χ0n) is 17.9. The van der Waals surface area contributed by atoms with Crippen LogP contribution < -0.4 is 10.1 Å². The highest BCUT2D eigenvalue weighted by Gasteiger charge is 2.27. The van der Waals surface area contributed by atoms with Gasteiger partial charge in [-0.15, -0.1) is 0 Å². The van der Waals surface area contributed by atoms with Crippen LogP contribution in [0.5, 0.6) is 5.75 Å². The van der Waals surface area contributed by atoms with E-state index < -0.39 is 12.1 Å². The van der Waals surface area contributed by atoms with Crippen LogP contribution in [0, 0.1) is 0 Å². The molecule has 1 amide bonds. The maximum Gasteiger partial charge on any atom is 0.347 e. The first-order valence-electron chi connectivity index (χ1n) is 9.98. The molecule has 3 rings (SSSR count). The van der Waals surface area contributed by atoms with Crippen LogP contribution in [0.2, 0.25) is 0 Å². The van der Waals surface area contributed by atoms with Crippen LogP contribution in [-0.4, -0.2) is 30.4 Å². The third-order valence-corrected chi connectivity index (χ3v) is 5.20. The standard InChI is InChI=1S/C24H27NO5/c1-14-19-12-16(6-11-20(19)25-22(14)27)21(26)13-29-23(28)15(2)30-18-9-7-17(8-10-18)24(3,4)5/h6-12,14-15H,13H2,1-5H3,(H,25,27)/t14-,15-/m0/s1. The van der Waals surface area contributed by atoms with Crippen molar-refractivity contribution in [1.29, 1.82) is 0 Å². The van der Waals surface area contributed by atoms with E-state index in [4.69, 9.17) is 9.47 Å². The molecule has 30 heavy (non-hydrogen) atoms. The van der Waals surface area contributed by atoms with Crippen molar-refractivity contribution in [3.8, 4) is 5.75 Å². The van der Waals surface area contributed by atoms with Gasteiger partial charge in [-0.1, -0.05) is 32.9 Å². The minimum Gasteiger partial charge on any atom is -0.479 e. The minimum absolute atomic E-state index is 0.0299.